The van der Waals surface area contributed by atoms with Crippen molar-refractivity contribution < 1.29 is 4.74 Å². The van der Waals surface area contributed by atoms with Crippen molar-refractivity contribution in [3.05, 3.63) is 168 Å². The van der Waals surface area contributed by atoms with Crippen molar-refractivity contribution in [2.45, 2.75) is 19.3 Å². The van der Waals surface area contributed by atoms with E-state index in [4.69, 9.17) is 14.7 Å². The van der Waals surface area contributed by atoms with Gasteiger partial charge in [0.25, 0.3) is 0 Å². The first-order valence-corrected chi connectivity index (χ1v) is 16.8. The van der Waals surface area contributed by atoms with Gasteiger partial charge in [-0.05, 0) is 51.7 Å². The van der Waals surface area contributed by atoms with Crippen LogP contribution in [0.5, 0.6) is 11.5 Å². The molecule has 1 aromatic heterocycles. The molecule has 4 nitrogen and oxygen atoms in total. The summed E-state index contributed by atoms with van der Waals surface area (Å²) in [6.45, 7) is 4.38. The average molecular weight is 642 g/mol. The Bertz CT molecular complexity index is 2640. The summed E-state index contributed by atoms with van der Waals surface area (Å²) < 4.78 is 6.55. The molecule has 8 aromatic rings. The molecule has 0 radical (unpaired) electrons. The average Bonchev–Trinajstić information content (AvgIpc) is 3.17. The molecule has 1 aliphatic rings. The summed E-state index contributed by atoms with van der Waals surface area (Å²) in [6, 6.07) is 54.4. The van der Waals surface area contributed by atoms with Gasteiger partial charge in [-0.2, -0.15) is 5.26 Å². The highest BCUT2D eigenvalue weighted by Crippen LogP contribution is 2.51. The highest BCUT2D eigenvalue weighted by atomic mass is 16.5. The topological polar surface area (TPSA) is 58.8 Å². The second kappa shape index (κ2) is 11.5. The molecule has 9 rings (SSSR count). The molecule has 50 heavy (non-hydrogen) atoms. The molecule has 0 spiro atoms. The van der Waals surface area contributed by atoms with Gasteiger partial charge in [0.1, 0.15) is 11.5 Å². The van der Waals surface area contributed by atoms with E-state index in [0.29, 0.717) is 11.4 Å². The van der Waals surface area contributed by atoms with E-state index in [1.807, 2.05) is 48.5 Å². The van der Waals surface area contributed by atoms with E-state index >= 15 is 0 Å². The van der Waals surface area contributed by atoms with Crippen molar-refractivity contribution in [3.8, 4) is 62.5 Å². The van der Waals surface area contributed by atoms with Crippen LogP contribution in [0.1, 0.15) is 30.5 Å². The first kappa shape index (κ1) is 29.6. The molecule has 0 unspecified atom stereocenters. The minimum absolute atomic E-state index is 0.325. The van der Waals surface area contributed by atoms with Crippen LogP contribution in [0.2, 0.25) is 0 Å². The van der Waals surface area contributed by atoms with E-state index < -0.39 is 0 Å². The highest BCUT2D eigenvalue weighted by molar-refractivity contribution is 5.98. The lowest BCUT2D eigenvalue weighted by molar-refractivity contribution is 0.419. The van der Waals surface area contributed by atoms with Gasteiger partial charge in [-0.3, -0.25) is 0 Å². The molecule has 4 heteroatoms. The highest BCUT2D eigenvalue weighted by Gasteiger charge is 2.36. The Labute approximate surface area is 290 Å². The van der Waals surface area contributed by atoms with Gasteiger partial charge in [0, 0.05) is 38.6 Å². The molecule has 0 atom stereocenters. The maximum Gasteiger partial charge on any atom is 0.160 e. The van der Waals surface area contributed by atoms with Crippen molar-refractivity contribution in [1.82, 2.24) is 9.97 Å². The van der Waals surface area contributed by atoms with Crippen LogP contribution in [0.15, 0.2) is 152 Å². The van der Waals surface area contributed by atoms with Crippen LogP contribution in [0.4, 0.5) is 0 Å². The number of nitrogens with zero attached hydrogens (tertiary/aromatic N) is 3. The molecular formula is C46H31N3O. The number of rotatable bonds is 4. The third-order valence-electron chi connectivity index (χ3n) is 9.98. The Morgan fingerprint density at radius 3 is 2.00 bits per heavy atom. The zero-order valence-corrected chi connectivity index (χ0v) is 27.7. The van der Waals surface area contributed by atoms with Crippen LogP contribution >= 0.6 is 0 Å². The Morgan fingerprint density at radius 2 is 1.20 bits per heavy atom. The fraction of sp³-hybridized carbons (Fsp3) is 0.0652. The molecule has 2 heterocycles. The summed E-state index contributed by atoms with van der Waals surface area (Å²) >= 11 is 0. The summed E-state index contributed by atoms with van der Waals surface area (Å²) in [4.78, 5) is 10.2. The molecule has 0 fully saturated rings. The van der Waals surface area contributed by atoms with E-state index in [-0.39, 0.29) is 5.41 Å². The van der Waals surface area contributed by atoms with Gasteiger partial charge in [0.05, 0.1) is 22.8 Å². The summed E-state index contributed by atoms with van der Waals surface area (Å²) in [5, 5.41) is 13.5. The van der Waals surface area contributed by atoms with E-state index in [1.165, 1.54) is 21.9 Å². The van der Waals surface area contributed by atoms with Gasteiger partial charge >= 0.3 is 0 Å². The number of nitriles is 1. The molecule has 0 N–H and O–H groups in total. The molecule has 0 saturated heterocycles. The largest absolute Gasteiger partial charge is 0.456 e. The molecule has 0 amide bonds. The maximum atomic E-state index is 9.98. The maximum absolute atomic E-state index is 9.98. The molecule has 0 saturated carbocycles. The van der Waals surface area contributed by atoms with Gasteiger partial charge in [0.15, 0.2) is 5.82 Å². The standard InChI is InChI=1S/C46H31N3O/c1-46(2)39-15-6-8-17-42(39)50-44-38(26-29(28-47)27-40(44)46)32-20-24-34(25-21-32)45-48-41-16-7-5-13-37(41)43(49-45)33-22-18-31(19-23-33)36-14-9-11-30-10-3-4-12-35(30)36/h3-27H,1-2H3. The lowest BCUT2D eigenvalue weighted by Gasteiger charge is -2.35. The molecule has 0 aliphatic carbocycles. The Kier molecular flexibility index (Phi) is 6.82. The van der Waals surface area contributed by atoms with Crippen LogP contribution in [0.25, 0.3) is 66.6 Å². The van der Waals surface area contributed by atoms with E-state index in [1.54, 1.807) is 0 Å². The third-order valence-corrected chi connectivity index (χ3v) is 9.98. The van der Waals surface area contributed by atoms with Crippen molar-refractivity contribution in [3.63, 3.8) is 0 Å². The number of aromatic nitrogens is 2. The Hall–Kier alpha value is -6.57. The van der Waals surface area contributed by atoms with Gasteiger partial charge in [-0.25, -0.2) is 9.97 Å². The summed E-state index contributed by atoms with van der Waals surface area (Å²) in [7, 11) is 0. The second-order valence-corrected chi connectivity index (χ2v) is 13.3. The van der Waals surface area contributed by atoms with Gasteiger partial charge in [-0.1, -0.05) is 141 Å². The van der Waals surface area contributed by atoms with Crippen LogP contribution in [0.3, 0.4) is 0 Å². The first-order valence-electron chi connectivity index (χ1n) is 16.8. The summed E-state index contributed by atoms with van der Waals surface area (Å²) in [5.41, 5.74) is 10.3. The fourth-order valence-corrected chi connectivity index (χ4v) is 7.32. The molecule has 236 valence electrons. The molecule has 1 aliphatic heterocycles. The van der Waals surface area contributed by atoms with E-state index in [0.717, 1.165) is 61.5 Å². The normalized spacial score (nSPS) is 12.9. The van der Waals surface area contributed by atoms with Crippen LogP contribution in [-0.4, -0.2) is 9.97 Å². The van der Waals surface area contributed by atoms with Gasteiger partial charge in [0.2, 0.25) is 0 Å². The monoisotopic (exact) mass is 641 g/mol. The fourth-order valence-electron chi connectivity index (χ4n) is 7.32. The molecular weight excluding hydrogens is 611 g/mol. The van der Waals surface area contributed by atoms with Gasteiger partial charge < -0.3 is 4.74 Å². The number of benzene rings is 7. The lowest BCUT2D eigenvalue weighted by atomic mass is 9.74. The van der Waals surface area contributed by atoms with Crippen molar-refractivity contribution >= 4 is 21.7 Å². The number of hydrogen-bond donors (Lipinski definition) is 0. The smallest absolute Gasteiger partial charge is 0.160 e. The van der Waals surface area contributed by atoms with Crippen molar-refractivity contribution in [2.75, 3.05) is 0 Å². The second-order valence-electron chi connectivity index (χ2n) is 13.3. The Balaban J connectivity index is 1.11. The Morgan fingerprint density at radius 1 is 0.560 bits per heavy atom. The zero-order valence-electron chi connectivity index (χ0n) is 27.7. The lowest BCUT2D eigenvalue weighted by Crippen LogP contribution is -2.24. The molecule has 0 bridgehead atoms. The number of para-hydroxylation sites is 2. The zero-order chi connectivity index (χ0) is 33.8. The first-order chi connectivity index (χ1) is 24.5. The summed E-state index contributed by atoms with van der Waals surface area (Å²) in [6.07, 6.45) is 0. The van der Waals surface area contributed by atoms with Crippen LogP contribution in [0, 0.1) is 11.3 Å². The quantitative estimate of drug-likeness (QED) is 0.192. The van der Waals surface area contributed by atoms with Gasteiger partial charge in [-0.15, -0.1) is 0 Å². The van der Waals surface area contributed by atoms with Crippen molar-refractivity contribution in [2.24, 2.45) is 0 Å². The minimum atomic E-state index is -0.325. The molecule has 7 aromatic carbocycles. The SMILES string of the molecule is CC1(C)c2ccccc2Oc2c(-c3ccc(-c4nc(-c5ccc(-c6cccc7ccccc67)cc5)c5ccccc5n4)cc3)cc(C#N)cc21. The predicted octanol–water partition coefficient (Wildman–Crippen LogP) is 11.8. The minimum Gasteiger partial charge on any atom is -0.456 e. The third kappa shape index (κ3) is 4.83. The number of hydrogen-bond acceptors (Lipinski definition) is 4. The van der Waals surface area contributed by atoms with E-state index in [9.17, 15) is 5.26 Å². The van der Waals surface area contributed by atoms with Crippen LogP contribution in [-0.2, 0) is 5.41 Å². The van der Waals surface area contributed by atoms with Crippen molar-refractivity contribution in [1.29, 1.82) is 5.26 Å². The van der Waals surface area contributed by atoms with E-state index in [2.05, 4.69) is 123 Å². The summed E-state index contributed by atoms with van der Waals surface area (Å²) in [5.74, 6) is 2.29. The predicted molar refractivity (Wildman–Crippen MR) is 202 cm³/mol. The number of fused-ring (bicyclic) bond motifs is 4. The number of ether oxygens (including phenoxy) is 1. The van der Waals surface area contributed by atoms with Crippen LogP contribution < -0.4 is 4.74 Å².